The molecule has 100 valence electrons. The van der Waals surface area contributed by atoms with Gasteiger partial charge < -0.3 is 15.4 Å². The van der Waals surface area contributed by atoms with Gasteiger partial charge in [0, 0.05) is 11.8 Å². The van der Waals surface area contributed by atoms with Crippen molar-refractivity contribution < 1.29 is 14.3 Å². The molecule has 2 heterocycles. The van der Waals surface area contributed by atoms with Crippen LogP contribution in [0.2, 0.25) is 0 Å². The molecule has 1 aliphatic heterocycles. The minimum absolute atomic E-state index is 0.00746. The van der Waals surface area contributed by atoms with Gasteiger partial charge in [0.25, 0.3) is 11.8 Å². The highest BCUT2D eigenvalue weighted by atomic mass is 16.5. The quantitative estimate of drug-likeness (QED) is 0.869. The number of carbonyl (C=O) groups excluding carboxylic acids is 2. The normalized spacial score (nSPS) is 12.9. The fourth-order valence-electron chi connectivity index (χ4n) is 1.85. The number of nitrogens with one attached hydrogen (secondary N) is 2. The van der Waals surface area contributed by atoms with Crippen LogP contribution in [-0.2, 0) is 4.79 Å². The molecule has 20 heavy (non-hydrogen) atoms. The molecule has 2 amide bonds. The number of fused-ring (bicyclic) bond motifs is 1. The van der Waals surface area contributed by atoms with Crippen LogP contribution in [0.3, 0.4) is 0 Å². The number of ether oxygens (including phenoxy) is 1. The number of aromatic nitrogens is 1. The van der Waals surface area contributed by atoms with E-state index in [4.69, 9.17) is 4.74 Å². The Kier molecular flexibility index (Phi) is 3.04. The summed E-state index contributed by atoms with van der Waals surface area (Å²) in [6.45, 7) is -0.00746. The third-order valence-electron chi connectivity index (χ3n) is 2.78. The van der Waals surface area contributed by atoms with Crippen molar-refractivity contribution in [2.45, 2.75) is 0 Å². The summed E-state index contributed by atoms with van der Waals surface area (Å²) in [6.07, 6.45) is 1.59. The van der Waals surface area contributed by atoms with Gasteiger partial charge in [0.05, 0.1) is 5.69 Å². The summed E-state index contributed by atoms with van der Waals surface area (Å²) in [5, 5.41) is 5.33. The molecule has 0 aliphatic carbocycles. The van der Waals surface area contributed by atoms with Crippen molar-refractivity contribution in [3.8, 4) is 5.75 Å². The number of carbonyl (C=O) groups is 2. The zero-order valence-electron chi connectivity index (χ0n) is 10.4. The van der Waals surface area contributed by atoms with E-state index in [-0.39, 0.29) is 18.4 Å². The van der Waals surface area contributed by atoms with Crippen molar-refractivity contribution >= 4 is 23.3 Å². The van der Waals surface area contributed by atoms with Crippen molar-refractivity contribution in [2.24, 2.45) is 0 Å². The van der Waals surface area contributed by atoms with E-state index in [1.807, 2.05) is 0 Å². The van der Waals surface area contributed by atoms with E-state index in [9.17, 15) is 9.59 Å². The summed E-state index contributed by atoms with van der Waals surface area (Å²) in [5.41, 5.74) is 0.912. The minimum Gasteiger partial charge on any atom is -0.482 e. The molecule has 0 fully saturated rings. The van der Waals surface area contributed by atoms with Gasteiger partial charge in [-0.3, -0.25) is 9.59 Å². The average molecular weight is 269 g/mol. The first-order valence-electron chi connectivity index (χ1n) is 6.01. The van der Waals surface area contributed by atoms with Gasteiger partial charge in [-0.05, 0) is 30.3 Å². The van der Waals surface area contributed by atoms with Crippen molar-refractivity contribution in [2.75, 3.05) is 17.2 Å². The molecule has 1 aromatic heterocycles. The fourth-order valence-corrected chi connectivity index (χ4v) is 1.85. The van der Waals surface area contributed by atoms with Gasteiger partial charge in [-0.15, -0.1) is 0 Å². The lowest BCUT2D eigenvalue weighted by atomic mass is 10.1. The van der Waals surface area contributed by atoms with Crippen LogP contribution in [0, 0.1) is 0 Å². The van der Waals surface area contributed by atoms with Crippen molar-refractivity contribution in [1.82, 2.24) is 4.98 Å². The Labute approximate surface area is 114 Å². The zero-order valence-corrected chi connectivity index (χ0v) is 10.4. The second kappa shape index (κ2) is 5.00. The topological polar surface area (TPSA) is 80.3 Å². The number of nitrogens with zero attached hydrogens (tertiary/aromatic N) is 1. The molecule has 0 radical (unpaired) electrons. The van der Waals surface area contributed by atoms with Crippen LogP contribution >= 0.6 is 0 Å². The largest absolute Gasteiger partial charge is 0.482 e. The lowest BCUT2D eigenvalue weighted by Crippen LogP contribution is -2.25. The van der Waals surface area contributed by atoms with E-state index < -0.39 is 0 Å². The first-order valence-corrected chi connectivity index (χ1v) is 6.01. The number of rotatable bonds is 2. The molecule has 0 saturated heterocycles. The van der Waals surface area contributed by atoms with Crippen LogP contribution in [0.1, 0.15) is 10.4 Å². The predicted molar refractivity (Wildman–Crippen MR) is 72.8 cm³/mol. The predicted octanol–water partition coefficient (Wildman–Crippen LogP) is 1.66. The first-order chi connectivity index (χ1) is 9.72. The monoisotopic (exact) mass is 269 g/mol. The van der Waals surface area contributed by atoms with Crippen molar-refractivity contribution in [3.63, 3.8) is 0 Å². The standard InChI is InChI=1S/C14H11N3O3/c18-13-8-20-11-5-4-9(7-10(11)16-13)14(19)17-12-3-1-2-6-15-12/h1-7H,8H2,(H,16,18)(H,15,17,19). The number of anilines is 2. The smallest absolute Gasteiger partial charge is 0.262 e. The molecule has 6 nitrogen and oxygen atoms in total. The van der Waals surface area contributed by atoms with Gasteiger partial charge in [0.2, 0.25) is 0 Å². The van der Waals surface area contributed by atoms with E-state index in [1.54, 1.807) is 42.6 Å². The minimum atomic E-state index is -0.300. The van der Waals surface area contributed by atoms with Crippen molar-refractivity contribution in [1.29, 1.82) is 0 Å². The van der Waals surface area contributed by atoms with Crippen LogP contribution in [-0.4, -0.2) is 23.4 Å². The Balaban J connectivity index is 1.82. The zero-order chi connectivity index (χ0) is 13.9. The number of hydrogen-bond donors (Lipinski definition) is 2. The summed E-state index contributed by atoms with van der Waals surface area (Å²) < 4.78 is 5.23. The summed E-state index contributed by atoms with van der Waals surface area (Å²) in [4.78, 5) is 27.3. The van der Waals surface area contributed by atoms with Gasteiger partial charge in [0.15, 0.2) is 6.61 Å². The highest BCUT2D eigenvalue weighted by Gasteiger charge is 2.17. The van der Waals surface area contributed by atoms with Crippen LogP contribution < -0.4 is 15.4 Å². The fraction of sp³-hybridized carbons (Fsp3) is 0.0714. The lowest BCUT2D eigenvalue weighted by Gasteiger charge is -2.18. The van der Waals surface area contributed by atoms with E-state index in [1.165, 1.54) is 0 Å². The average Bonchev–Trinajstić information content (AvgIpc) is 2.47. The third kappa shape index (κ3) is 2.44. The van der Waals surface area contributed by atoms with Gasteiger partial charge in [-0.1, -0.05) is 6.07 Å². The molecule has 2 aromatic rings. The molecule has 6 heteroatoms. The lowest BCUT2D eigenvalue weighted by molar-refractivity contribution is -0.118. The van der Waals surface area contributed by atoms with E-state index in [0.717, 1.165) is 0 Å². The Bertz CT molecular complexity index is 671. The van der Waals surface area contributed by atoms with Gasteiger partial charge >= 0.3 is 0 Å². The Morgan fingerprint density at radius 2 is 2.20 bits per heavy atom. The highest BCUT2D eigenvalue weighted by molar-refractivity contribution is 6.05. The molecule has 0 spiro atoms. The highest BCUT2D eigenvalue weighted by Crippen LogP contribution is 2.28. The summed E-state index contributed by atoms with van der Waals surface area (Å²) in [7, 11) is 0. The van der Waals surface area contributed by atoms with Gasteiger partial charge in [0.1, 0.15) is 11.6 Å². The van der Waals surface area contributed by atoms with Crippen LogP contribution in [0.25, 0.3) is 0 Å². The van der Waals surface area contributed by atoms with Crippen LogP contribution in [0.5, 0.6) is 5.75 Å². The van der Waals surface area contributed by atoms with E-state index in [0.29, 0.717) is 22.8 Å². The molecule has 1 aliphatic rings. The SMILES string of the molecule is O=C1COc2ccc(C(=O)Nc3ccccn3)cc2N1. The Morgan fingerprint density at radius 1 is 1.30 bits per heavy atom. The number of benzene rings is 1. The maximum atomic E-state index is 12.1. The molecular weight excluding hydrogens is 258 g/mol. The molecule has 0 saturated carbocycles. The molecule has 0 atom stereocenters. The second-order valence-electron chi connectivity index (χ2n) is 4.22. The molecule has 1 aromatic carbocycles. The maximum Gasteiger partial charge on any atom is 0.262 e. The van der Waals surface area contributed by atoms with Crippen LogP contribution in [0.4, 0.5) is 11.5 Å². The third-order valence-corrected chi connectivity index (χ3v) is 2.78. The molecule has 0 bridgehead atoms. The molecule has 0 unspecified atom stereocenters. The summed E-state index contributed by atoms with van der Waals surface area (Å²) >= 11 is 0. The van der Waals surface area contributed by atoms with Gasteiger partial charge in [-0.2, -0.15) is 0 Å². The van der Waals surface area contributed by atoms with Crippen LogP contribution in [0.15, 0.2) is 42.6 Å². The molecule has 3 rings (SSSR count). The molecular formula is C14H11N3O3. The summed E-state index contributed by atoms with van der Waals surface area (Å²) in [5.74, 6) is 0.487. The van der Waals surface area contributed by atoms with E-state index >= 15 is 0 Å². The maximum absolute atomic E-state index is 12.1. The number of pyridine rings is 1. The number of hydrogen-bond acceptors (Lipinski definition) is 4. The van der Waals surface area contributed by atoms with Crippen molar-refractivity contribution in [3.05, 3.63) is 48.2 Å². The summed E-state index contributed by atoms with van der Waals surface area (Å²) in [6, 6.07) is 10.1. The van der Waals surface area contributed by atoms with E-state index in [2.05, 4.69) is 15.6 Å². The van der Waals surface area contributed by atoms with Gasteiger partial charge in [-0.25, -0.2) is 4.98 Å². The second-order valence-corrected chi connectivity index (χ2v) is 4.22. The Hall–Kier alpha value is -2.89. The molecule has 2 N–H and O–H groups in total. The number of amides is 2. The Morgan fingerprint density at radius 3 is 3.00 bits per heavy atom. The first kappa shape index (κ1) is 12.2.